The third-order valence-electron chi connectivity index (χ3n) is 5.67. The summed E-state index contributed by atoms with van der Waals surface area (Å²) in [5.74, 6) is 1.03. The summed E-state index contributed by atoms with van der Waals surface area (Å²) in [6, 6.07) is 15.1. The van der Waals surface area contributed by atoms with Gasteiger partial charge in [0.2, 0.25) is 0 Å². The van der Waals surface area contributed by atoms with Crippen molar-refractivity contribution in [2.75, 3.05) is 40.3 Å². The quantitative estimate of drug-likeness (QED) is 0.668. The number of aryl methyl sites for hydroxylation is 1. The molecule has 7 heteroatoms. The summed E-state index contributed by atoms with van der Waals surface area (Å²) >= 11 is 0. The van der Waals surface area contributed by atoms with Crippen LogP contribution in [0.25, 0.3) is 11.0 Å². The molecule has 1 saturated heterocycles. The van der Waals surface area contributed by atoms with Crippen molar-refractivity contribution in [2.24, 2.45) is 7.05 Å². The number of carbonyl (C=O) groups excluding carboxylic acids is 2. The maximum Gasteiger partial charge on any atom is 0.253 e. The van der Waals surface area contributed by atoms with Crippen molar-refractivity contribution in [3.8, 4) is 0 Å². The minimum atomic E-state index is -0.0247. The summed E-state index contributed by atoms with van der Waals surface area (Å²) in [4.78, 5) is 35.5. The van der Waals surface area contributed by atoms with Gasteiger partial charge >= 0.3 is 0 Å². The molecule has 1 aliphatic rings. The number of benzene rings is 2. The van der Waals surface area contributed by atoms with Gasteiger partial charge in [0.25, 0.3) is 11.8 Å². The smallest absolute Gasteiger partial charge is 0.253 e. The molecule has 1 aliphatic heterocycles. The van der Waals surface area contributed by atoms with Crippen LogP contribution < -0.4 is 0 Å². The average Bonchev–Trinajstić information content (AvgIpc) is 3.08. The summed E-state index contributed by atoms with van der Waals surface area (Å²) in [7, 11) is 5.50. The van der Waals surface area contributed by atoms with Crippen LogP contribution in [-0.4, -0.2) is 76.3 Å². The zero-order chi connectivity index (χ0) is 21.3. The number of rotatable bonds is 4. The number of nitrogens with zero attached hydrogens (tertiary/aromatic N) is 5. The van der Waals surface area contributed by atoms with Crippen LogP contribution >= 0.6 is 0 Å². The van der Waals surface area contributed by atoms with Crippen molar-refractivity contribution in [1.82, 2.24) is 24.3 Å². The molecule has 0 radical (unpaired) electrons. The Morgan fingerprint density at radius 3 is 2.33 bits per heavy atom. The van der Waals surface area contributed by atoms with E-state index in [1.54, 1.807) is 19.0 Å². The highest BCUT2D eigenvalue weighted by atomic mass is 16.2. The van der Waals surface area contributed by atoms with Crippen molar-refractivity contribution in [3.05, 3.63) is 65.5 Å². The first-order valence-corrected chi connectivity index (χ1v) is 10.2. The van der Waals surface area contributed by atoms with Crippen LogP contribution in [0.3, 0.4) is 0 Å². The van der Waals surface area contributed by atoms with Gasteiger partial charge < -0.3 is 14.4 Å². The second-order valence-electron chi connectivity index (χ2n) is 7.92. The van der Waals surface area contributed by atoms with E-state index < -0.39 is 0 Å². The number of carbonyl (C=O) groups is 2. The van der Waals surface area contributed by atoms with E-state index in [1.165, 1.54) is 0 Å². The van der Waals surface area contributed by atoms with Crippen molar-refractivity contribution >= 4 is 22.8 Å². The summed E-state index contributed by atoms with van der Waals surface area (Å²) in [6.45, 7) is 3.76. The molecule has 0 aliphatic carbocycles. The molecule has 30 heavy (non-hydrogen) atoms. The van der Waals surface area contributed by atoms with Gasteiger partial charge in [0.1, 0.15) is 5.82 Å². The first-order valence-electron chi connectivity index (χ1n) is 10.2. The van der Waals surface area contributed by atoms with Crippen LogP contribution in [0.15, 0.2) is 48.5 Å². The van der Waals surface area contributed by atoms with Crippen LogP contribution in [0.1, 0.15) is 26.5 Å². The van der Waals surface area contributed by atoms with E-state index in [0.717, 1.165) is 42.1 Å². The highest BCUT2D eigenvalue weighted by Crippen LogP contribution is 2.19. The van der Waals surface area contributed by atoms with Gasteiger partial charge in [-0.2, -0.15) is 0 Å². The van der Waals surface area contributed by atoms with Crippen molar-refractivity contribution < 1.29 is 9.59 Å². The number of piperazine rings is 1. The third-order valence-corrected chi connectivity index (χ3v) is 5.67. The standard InChI is InChI=1S/C23H27N5O2/c1-25(2)22(29)18-9-10-20-19(15-18)24-21(26(20)3)16-27-11-13-28(14-12-27)23(30)17-7-5-4-6-8-17/h4-10,15H,11-14,16H2,1-3H3. The summed E-state index contributed by atoms with van der Waals surface area (Å²) < 4.78 is 2.08. The number of aromatic nitrogens is 2. The molecular weight excluding hydrogens is 378 g/mol. The number of imidazole rings is 1. The van der Waals surface area contributed by atoms with E-state index in [1.807, 2.05) is 60.5 Å². The molecule has 0 spiro atoms. The highest BCUT2D eigenvalue weighted by Gasteiger charge is 2.23. The molecule has 1 aromatic heterocycles. The zero-order valence-electron chi connectivity index (χ0n) is 17.7. The average molecular weight is 406 g/mol. The molecular formula is C23H27N5O2. The van der Waals surface area contributed by atoms with E-state index in [9.17, 15) is 9.59 Å². The molecule has 0 unspecified atom stereocenters. The van der Waals surface area contributed by atoms with Crippen LogP contribution in [0.5, 0.6) is 0 Å². The molecule has 2 heterocycles. The van der Waals surface area contributed by atoms with Gasteiger partial charge in [0.05, 0.1) is 17.6 Å². The Balaban J connectivity index is 1.43. The molecule has 2 amide bonds. The lowest BCUT2D eigenvalue weighted by atomic mass is 10.2. The van der Waals surface area contributed by atoms with Crippen LogP contribution in [0.2, 0.25) is 0 Å². The van der Waals surface area contributed by atoms with Gasteiger partial charge in [0, 0.05) is 58.4 Å². The Hall–Kier alpha value is -3.19. The largest absolute Gasteiger partial charge is 0.345 e. The van der Waals surface area contributed by atoms with Gasteiger partial charge in [-0.15, -0.1) is 0 Å². The van der Waals surface area contributed by atoms with Crippen LogP contribution in [0.4, 0.5) is 0 Å². The van der Waals surface area contributed by atoms with E-state index in [-0.39, 0.29) is 11.8 Å². The molecule has 0 N–H and O–H groups in total. The van der Waals surface area contributed by atoms with E-state index in [0.29, 0.717) is 18.7 Å². The van der Waals surface area contributed by atoms with Crippen molar-refractivity contribution in [3.63, 3.8) is 0 Å². The number of hydrogen-bond donors (Lipinski definition) is 0. The first-order chi connectivity index (χ1) is 14.4. The Morgan fingerprint density at radius 2 is 1.67 bits per heavy atom. The Bertz CT molecular complexity index is 1070. The number of hydrogen-bond acceptors (Lipinski definition) is 4. The molecule has 2 aromatic carbocycles. The summed E-state index contributed by atoms with van der Waals surface area (Å²) in [5.41, 5.74) is 3.23. The molecule has 4 rings (SSSR count). The van der Waals surface area contributed by atoms with E-state index >= 15 is 0 Å². The molecule has 0 saturated carbocycles. The molecule has 3 aromatic rings. The second-order valence-corrected chi connectivity index (χ2v) is 7.92. The molecule has 1 fully saturated rings. The topological polar surface area (TPSA) is 61.7 Å². The Morgan fingerprint density at radius 1 is 0.967 bits per heavy atom. The SMILES string of the molecule is CN(C)C(=O)c1ccc2c(c1)nc(CN1CCN(C(=O)c3ccccc3)CC1)n2C. The van der Waals surface area contributed by atoms with Gasteiger partial charge in [-0.3, -0.25) is 14.5 Å². The van der Waals surface area contributed by atoms with Crippen molar-refractivity contribution in [1.29, 1.82) is 0 Å². The lowest BCUT2D eigenvalue weighted by Crippen LogP contribution is -2.48. The van der Waals surface area contributed by atoms with Crippen LogP contribution in [-0.2, 0) is 13.6 Å². The summed E-state index contributed by atoms with van der Waals surface area (Å²) in [6.07, 6.45) is 0. The number of fused-ring (bicyclic) bond motifs is 1. The third kappa shape index (κ3) is 3.93. The van der Waals surface area contributed by atoms with Crippen molar-refractivity contribution in [2.45, 2.75) is 6.54 Å². The minimum absolute atomic E-state index is 0.0247. The molecule has 156 valence electrons. The lowest BCUT2D eigenvalue weighted by molar-refractivity contribution is 0.0624. The Kier molecular flexibility index (Phi) is 5.55. The predicted molar refractivity (Wildman–Crippen MR) is 116 cm³/mol. The lowest BCUT2D eigenvalue weighted by Gasteiger charge is -2.34. The fourth-order valence-corrected chi connectivity index (χ4v) is 3.85. The predicted octanol–water partition coefficient (Wildman–Crippen LogP) is 2.23. The van der Waals surface area contributed by atoms with Crippen LogP contribution in [0, 0.1) is 0 Å². The zero-order valence-corrected chi connectivity index (χ0v) is 17.7. The maximum atomic E-state index is 12.6. The van der Waals surface area contributed by atoms with Gasteiger partial charge in [-0.25, -0.2) is 4.98 Å². The number of amides is 2. The molecule has 0 bridgehead atoms. The fraction of sp³-hybridized carbons (Fsp3) is 0.348. The maximum absolute atomic E-state index is 12.6. The summed E-state index contributed by atoms with van der Waals surface area (Å²) in [5, 5.41) is 0. The molecule has 0 atom stereocenters. The van der Waals surface area contributed by atoms with E-state index in [4.69, 9.17) is 4.98 Å². The molecule has 7 nitrogen and oxygen atoms in total. The van der Waals surface area contributed by atoms with Gasteiger partial charge in [-0.05, 0) is 30.3 Å². The Labute approximate surface area is 176 Å². The highest BCUT2D eigenvalue weighted by molar-refractivity contribution is 5.97. The van der Waals surface area contributed by atoms with Gasteiger partial charge in [0.15, 0.2) is 0 Å². The van der Waals surface area contributed by atoms with E-state index in [2.05, 4.69) is 9.47 Å². The monoisotopic (exact) mass is 405 g/mol. The fourth-order valence-electron chi connectivity index (χ4n) is 3.85. The minimum Gasteiger partial charge on any atom is -0.345 e. The normalized spacial score (nSPS) is 14.8. The first kappa shape index (κ1) is 20.1. The second kappa shape index (κ2) is 8.28. The van der Waals surface area contributed by atoms with Gasteiger partial charge in [-0.1, -0.05) is 18.2 Å².